The quantitative estimate of drug-likeness (QED) is 0.820. The van der Waals surface area contributed by atoms with Crippen LogP contribution < -0.4 is 4.74 Å². The number of carbonyl (C=O) groups excluding carboxylic acids is 1. The van der Waals surface area contributed by atoms with Crippen molar-refractivity contribution < 1.29 is 13.9 Å². The van der Waals surface area contributed by atoms with E-state index in [2.05, 4.69) is 0 Å². The first-order valence-corrected chi connectivity index (χ1v) is 7.22. The van der Waals surface area contributed by atoms with Gasteiger partial charge in [0.25, 0.3) is 0 Å². The summed E-state index contributed by atoms with van der Waals surface area (Å²) in [6.45, 7) is 2.93. The molecule has 4 heteroatoms. The summed E-state index contributed by atoms with van der Waals surface area (Å²) in [5.74, 6) is 0.408. The van der Waals surface area contributed by atoms with Crippen molar-refractivity contribution in [2.24, 2.45) is 0 Å². The van der Waals surface area contributed by atoms with Crippen LogP contribution in [-0.4, -0.2) is 31.0 Å². The third kappa shape index (κ3) is 4.88. The van der Waals surface area contributed by atoms with Gasteiger partial charge in [-0.3, -0.25) is 4.79 Å². The summed E-state index contributed by atoms with van der Waals surface area (Å²) < 4.78 is 18.7. The molecule has 2 rings (SSSR count). The van der Waals surface area contributed by atoms with E-state index in [1.54, 1.807) is 24.1 Å². The molecule has 0 fully saturated rings. The van der Waals surface area contributed by atoms with E-state index in [1.165, 1.54) is 17.7 Å². The van der Waals surface area contributed by atoms with Gasteiger partial charge in [-0.15, -0.1) is 0 Å². The van der Waals surface area contributed by atoms with E-state index < -0.39 is 0 Å². The molecule has 2 aromatic rings. The number of hydrogen-bond acceptors (Lipinski definition) is 2. The molecule has 0 aliphatic heterocycles. The zero-order valence-electron chi connectivity index (χ0n) is 12.9. The minimum absolute atomic E-state index is 0.0573. The topological polar surface area (TPSA) is 29.5 Å². The number of likely N-dealkylation sites (N-methyl/N-ethyl adjacent to an activating group) is 1. The second-order valence-electron chi connectivity index (χ2n) is 5.28. The van der Waals surface area contributed by atoms with Crippen molar-refractivity contribution in [1.29, 1.82) is 0 Å². The molecule has 0 bridgehead atoms. The van der Waals surface area contributed by atoms with Crippen molar-refractivity contribution >= 4 is 5.91 Å². The number of amides is 1. The number of hydrogen-bond donors (Lipinski definition) is 0. The van der Waals surface area contributed by atoms with Crippen LogP contribution in [0.1, 0.15) is 11.1 Å². The molecule has 0 saturated heterocycles. The average molecular weight is 301 g/mol. The number of carbonyl (C=O) groups is 1. The second kappa shape index (κ2) is 7.59. The van der Waals surface area contributed by atoms with Gasteiger partial charge in [0.05, 0.1) is 13.0 Å². The van der Waals surface area contributed by atoms with E-state index >= 15 is 0 Å². The van der Waals surface area contributed by atoms with E-state index in [-0.39, 0.29) is 18.1 Å². The standard InChI is InChI=1S/C18H20FNO2/c1-14-6-8-17(9-7-14)22-11-10-20(2)18(21)13-15-4-3-5-16(19)12-15/h3-9,12H,10-11,13H2,1-2H3. The number of halogens is 1. The Balaban J connectivity index is 1.77. The molecule has 0 unspecified atom stereocenters. The first-order chi connectivity index (χ1) is 10.5. The van der Waals surface area contributed by atoms with Gasteiger partial charge in [-0.2, -0.15) is 0 Å². The Hall–Kier alpha value is -2.36. The van der Waals surface area contributed by atoms with Crippen LogP contribution in [0, 0.1) is 12.7 Å². The maximum Gasteiger partial charge on any atom is 0.226 e. The van der Waals surface area contributed by atoms with Crippen LogP contribution in [0.3, 0.4) is 0 Å². The fourth-order valence-corrected chi connectivity index (χ4v) is 2.02. The molecule has 116 valence electrons. The summed E-state index contributed by atoms with van der Waals surface area (Å²) in [6, 6.07) is 13.9. The largest absolute Gasteiger partial charge is 0.492 e. The van der Waals surface area contributed by atoms with E-state index in [0.29, 0.717) is 18.7 Å². The van der Waals surface area contributed by atoms with Gasteiger partial charge in [-0.05, 0) is 36.8 Å². The molecule has 0 aliphatic rings. The van der Waals surface area contributed by atoms with Gasteiger partial charge in [0, 0.05) is 7.05 Å². The molecule has 0 aromatic heterocycles. The van der Waals surface area contributed by atoms with Crippen molar-refractivity contribution in [3.05, 3.63) is 65.5 Å². The zero-order valence-corrected chi connectivity index (χ0v) is 12.9. The maximum absolute atomic E-state index is 13.1. The van der Waals surface area contributed by atoms with Gasteiger partial charge in [-0.1, -0.05) is 29.8 Å². The SMILES string of the molecule is Cc1ccc(OCCN(C)C(=O)Cc2cccc(F)c2)cc1. The number of rotatable bonds is 6. The Kier molecular flexibility index (Phi) is 5.53. The Morgan fingerprint density at radius 1 is 1.18 bits per heavy atom. The lowest BCUT2D eigenvalue weighted by molar-refractivity contribution is -0.129. The summed E-state index contributed by atoms with van der Waals surface area (Å²) in [5.41, 5.74) is 1.85. The summed E-state index contributed by atoms with van der Waals surface area (Å²) >= 11 is 0. The second-order valence-corrected chi connectivity index (χ2v) is 5.28. The number of ether oxygens (including phenoxy) is 1. The van der Waals surface area contributed by atoms with Crippen LogP contribution in [0.2, 0.25) is 0 Å². The lowest BCUT2D eigenvalue weighted by Crippen LogP contribution is -2.32. The molecule has 0 spiro atoms. The van der Waals surface area contributed by atoms with Crippen LogP contribution in [0.5, 0.6) is 5.75 Å². The van der Waals surface area contributed by atoms with Gasteiger partial charge in [0.2, 0.25) is 5.91 Å². The smallest absolute Gasteiger partial charge is 0.226 e. The predicted molar refractivity (Wildman–Crippen MR) is 84.4 cm³/mol. The van der Waals surface area contributed by atoms with Crippen LogP contribution in [0.15, 0.2) is 48.5 Å². The first kappa shape index (κ1) is 16.0. The van der Waals surface area contributed by atoms with E-state index in [1.807, 2.05) is 31.2 Å². The maximum atomic E-state index is 13.1. The minimum Gasteiger partial charge on any atom is -0.492 e. The molecule has 0 heterocycles. The molecule has 1 amide bonds. The minimum atomic E-state index is -0.323. The van der Waals surface area contributed by atoms with E-state index in [0.717, 1.165) is 5.75 Å². The van der Waals surface area contributed by atoms with Gasteiger partial charge in [0.1, 0.15) is 18.2 Å². The lowest BCUT2D eigenvalue weighted by atomic mass is 10.1. The fourth-order valence-electron chi connectivity index (χ4n) is 2.02. The summed E-state index contributed by atoms with van der Waals surface area (Å²) in [7, 11) is 1.72. The van der Waals surface area contributed by atoms with E-state index in [4.69, 9.17) is 4.74 Å². The molecule has 0 aliphatic carbocycles. The highest BCUT2D eigenvalue weighted by Gasteiger charge is 2.10. The third-order valence-corrected chi connectivity index (χ3v) is 3.39. The molecular formula is C18H20FNO2. The summed E-state index contributed by atoms with van der Waals surface area (Å²) in [6.07, 6.45) is 0.193. The molecule has 0 N–H and O–H groups in total. The van der Waals surface area contributed by atoms with Crippen molar-refractivity contribution in [1.82, 2.24) is 4.90 Å². The monoisotopic (exact) mass is 301 g/mol. The normalized spacial score (nSPS) is 10.3. The van der Waals surface area contributed by atoms with Crippen molar-refractivity contribution in [3.8, 4) is 5.75 Å². The molecule has 3 nitrogen and oxygen atoms in total. The Bertz CT molecular complexity index is 625. The summed E-state index contributed by atoms with van der Waals surface area (Å²) in [4.78, 5) is 13.7. The third-order valence-electron chi connectivity index (χ3n) is 3.39. The van der Waals surface area contributed by atoms with Crippen LogP contribution in [0.4, 0.5) is 4.39 Å². The highest BCUT2D eigenvalue weighted by molar-refractivity contribution is 5.78. The number of benzene rings is 2. The first-order valence-electron chi connectivity index (χ1n) is 7.22. The molecule has 0 saturated carbocycles. The Morgan fingerprint density at radius 2 is 1.91 bits per heavy atom. The van der Waals surface area contributed by atoms with Gasteiger partial charge >= 0.3 is 0 Å². The van der Waals surface area contributed by atoms with Gasteiger partial charge in [-0.25, -0.2) is 4.39 Å². The number of aryl methyl sites for hydroxylation is 1. The van der Waals surface area contributed by atoms with Crippen LogP contribution in [-0.2, 0) is 11.2 Å². The fraction of sp³-hybridized carbons (Fsp3) is 0.278. The highest BCUT2D eigenvalue weighted by Crippen LogP contribution is 2.11. The van der Waals surface area contributed by atoms with E-state index in [9.17, 15) is 9.18 Å². The summed E-state index contributed by atoms with van der Waals surface area (Å²) in [5, 5.41) is 0. The molecular weight excluding hydrogens is 281 g/mol. The van der Waals surface area contributed by atoms with Gasteiger partial charge < -0.3 is 9.64 Å². The molecule has 2 aromatic carbocycles. The number of nitrogens with zero attached hydrogens (tertiary/aromatic N) is 1. The van der Waals surface area contributed by atoms with Crippen LogP contribution in [0.25, 0.3) is 0 Å². The Morgan fingerprint density at radius 3 is 2.59 bits per heavy atom. The van der Waals surface area contributed by atoms with Gasteiger partial charge in [0.15, 0.2) is 0 Å². The Labute approximate surface area is 130 Å². The lowest BCUT2D eigenvalue weighted by Gasteiger charge is -2.17. The van der Waals surface area contributed by atoms with Crippen molar-refractivity contribution in [2.75, 3.05) is 20.2 Å². The predicted octanol–water partition coefficient (Wildman–Crippen LogP) is 3.21. The molecule has 22 heavy (non-hydrogen) atoms. The zero-order chi connectivity index (χ0) is 15.9. The van der Waals surface area contributed by atoms with Crippen molar-refractivity contribution in [3.63, 3.8) is 0 Å². The average Bonchev–Trinajstić information content (AvgIpc) is 2.49. The molecule has 0 radical (unpaired) electrons. The van der Waals surface area contributed by atoms with Crippen molar-refractivity contribution in [2.45, 2.75) is 13.3 Å². The molecule has 0 atom stereocenters. The van der Waals surface area contributed by atoms with Crippen LogP contribution >= 0.6 is 0 Å². The highest BCUT2D eigenvalue weighted by atomic mass is 19.1.